The Morgan fingerprint density at radius 3 is 3.09 bits per heavy atom. The van der Waals surface area contributed by atoms with Crippen molar-refractivity contribution >= 4 is 21.8 Å². The zero-order valence-corrected chi connectivity index (χ0v) is 13.9. The Morgan fingerprint density at radius 2 is 2.36 bits per heavy atom. The Kier molecular flexibility index (Phi) is 4.54. The lowest BCUT2D eigenvalue weighted by Crippen LogP contribution is -2.45. The summed E-state index contributed by atoms with van der Waals surface area (Å²) in [7, 11) is 0. The number of aromatic nitrogens is 3. The monoisotopic (exact) mass is 363 g/mol. The van der Waals surface area contributed by atoms with E-state index in [1.807, 2.05) is 31.2 Å². The van der Waals surface area contributed by atoms with E-state index in [9.17, 15) is 4.79 Å². The van der Waals surface area contributed by atoms with Crippen LogP contribution in [-0.4, -0.2) is 40.0 Å². The first-order valence-electron chi connectivity index (χ1n) is 7.35. The number of halogens is 1. The number of carbonyl (C=O) groups is 1. The molecule has 1 fully saturated rings. The van der Waals surface area contributed by atoms with Crippen molar-refractivity contribution in [2.75, 3.05) is 13.1 Å². The number of amides is 1. The predicted molar refractivity (Wildman–Crippen MR) is 87.2 cm³/mol. The lowest BCUT2D eigenvalue weighted by Gasteiger charge is -2.23. The highest BCUT2D eigenvalue weighted by molar-refractivity contribution is 9.10. The smallest absolute Gasteiger partial charge is 0.274 e. The fourth-order valence-electron chi connectivity index (χ4n) is 2.62. The van der Waals surface area contributed by atoms with E-state index in [1.165, 1.54) is 0 Å². The van der Waals surface area contributed by atoms with Gasteiger partial charge in [0.25, 0.3) is 5.91 Å². The maximum Gasteiger partial charge on any atom is 0.274 e. The first-order chi connectivity index (χ1) is 10.6. The topological polar surface area (TPSA) is 71.8 Å². The number of hydrogen-bond acceptors (Lipinski definition) is 4. The normalized spacial score (nSPS) is 18.2. The van der Waals surface area contributed by atoms with Crippen molar-refractivity contribution in [3.05, 3.63) is 40.1 Å². The standard InChI is InChI=1S/C15H18BrN5O/c1-10-14(15(22)18-12-5-3-7-17-9-12)19-20-21(10)13-6-2-4-11(16)8-13/h2,4,6,8,12,17H,3,5,7,9H2,1H3,(H,18,22)/t12-/m0/s1. The van der Waals surface area contributed by atoms with Crippen molar-refractivity contribution in [1.82, 2.24) is 25.6 Å². The van der Waals surface area contributed by atoms with Gasteiger partial charge in [0.2, 0.25) is 0 Å². The molecule has 1 saturated heterocycles. The molecule has 0 unspecified atom stereocenters. The number of hydrogen-bond donors (Lipinski definition) is 2. The third kappa shape index (κ3) is 3.20. The molecule has 116 valence electrons. The fraction of sp³-hybridized carbons (Fsp3) is 0.400. The van der Waals surface area contributed by atoms with Crippen LogP contribution < -0.4 is 10.6 Å². The Morgan fingerprint density at radius 1 is 1.50 bits per heavy atom. The summed E-state index contributed by atoms with van der Waals surface area (Å²) < 4.78 is 2.64. The highest BCUT2D eigenvalue weighted by atomic mass is 79.9. The number of carbonyl (C=O) groups excluding carboxylic acids is 1. The highest BCUT2D eigenvalue weighted by Gasteiger charge is 2.21. The van der Waals surface area contributed by atoms with Gasteiger partial charge in [0, 0.05) is 17.1 Å². The van der Waals surface area contributed by atoms with Crippen molar-refractivity contribution in [3.63, 3.8) is 0 Å². The molecule has 1 atom stereocenters. The van der Waals surface area contributed by atoms with Gasteiger partial charge in [-0.25, -0.2) is 4.68 Å². The molecule has 1 amide bonds. The molecule has 0 spiro atoms. The molecule has 1 aromatic carbocycles. The molecule has 0 radical (unpaired) electrons. The van der Waals surface area contributed by atoms with Crippen molar-refractivity contribution in [2.24, 2.45) is 0 Å². The summed E-state index contributed by atoms with van der Waals surface area (Å²) in [6.45, 7) is 3.68. The van der Waals surface area contributed by atoms with E-state index in [2.05, 4.69) is 36.9 Å². The minimum absolute atomic E-state index is 0.160. The average molecular weight is 364 g/mol. The van der Waals surface area contributed by atoms with Gasteiger partial charge >= 0.3 is 0 Å². The largest absolute Gasteiger partial charge is 0.347 e. The molecule has 2 N–H and O–H groups in total. The minimum Gasteiger partial charge on any atom is -0.347 e. The fourth-order valence-corrected chi connectivity index (χ4v) is 3.01. The second-order valence-corrected chi connectivity index (χ2v) is 6.35. The molecule has 1 aliphatic heterocycles. The summed E-state index contributed by atoms with van der Waals surface area (Å²) >= 11 is 3.44. The Hall–Kier alpha value is -1.73. The van der Waals surface area contributed by atoms with E-state index in [-0.39, 0.29) is 11.9 Å². The highest BCUT2D eigenvalue weighted by Crippen LogP contribution is 2.17. The van der Waals surface area contributed by atoms with Gasteiger partial charge in [-0.2, -0.15) is 0 Å². The lowest BCUT2D eigenvalue weighted by molar-refractivity contribution is 0.0925. The quantitative estimate of drug-likeness (QED) is 0.872. The lowest BCUT2D eigenvalue weighted by atomic mass is 10.1. The van der Waals surface area contributed by atoms with Gasteiger partial charge in [0.1, 0.15) is 0 Å². The van der Waals surface area contributed by atoms with Gasteiger partial charge in [0.05, 0.1) is 11.4 Å². The zero-order chi connectivity index (χ0) is 15.5. The van der Waals surface area contributed by atoms with Crippen LogP contribution in [0.1, 0.15) is 29.0 Å². The van der Waals surface area contributed by atoms with Crippen LogP contribution >= 0.6 is 15.9 Å². The molecule has 1 aliphatic rings. The minimum atomic E-state index is -0.160. The number of piperidine rings is 1. The van der Waals surface area contributed by atoms with Crippen LogP contribution in [0, 0.1) is 6.92 Å². The molecule has 2 heterocycles. The van der Waals surface area contributed by atoms with Crippen molar-refractivity contribution in [2.45, 2.75) is 25.8 Å². The van der Waals surface area contributed by atoms with Crippen LogP contribution in [0.3, 0.4) is 0 Å². The van der Waals surface area contributed by atoms with Crippen molar-refractivity contribution in [3.8, 4) is 5.69 Å². The van der Waals surface area contributed by atoms with Crippen LogP contribution in [0.2, 0.25) is 0 Å². The zero-order valence-electron chi connectivity index (χ0n) is 12.3. The Bertz CT molecular complexity index is 678. The second kappa shape index (κ2) is 6.58. The predicted octanol–water partition coefficient (Wildman–Crippen LogP) is 1.82. The summed E-state index contributed by atoms with van der Waals surface area (Å²) in [4.78, 5) is 12.4. The maximum atomic E-state index is 12.4. The summed E-state index contributed by atoms with van der Waals surface area (Å²) in [6.07, 6.45) is 2.08. The van der Waals surface area contributed by atoms with Crippen LogP contribution in [-0.2, 0) is 0 Å². The van der Waals surface area contributed by atoms with Crippen molar-refractivity contribution in [1.29, 1.82) is 0 Å². The van der Waals surface area contributed by atoms with Gasteiger partial charge in [-0.3, -0.25) is 4.79 Å². The third-order valence-corrected chi connectivity index (χ3v) is 4.29. The van der Waals surface area contributed by atoms with Gasteiger partial charge in [-0.1, -0.05) is 27.2 Å². The molecular weight excluding hydrogens is 346 g/mol. The molecule has 7 heteroatoms. The van der Waals surface area contributed by atoms with E-state index in [4.69, 9.17) is 0 Å². The van der Waals surface area contributed by atoms with Crippen LogP contribution in [0.25, 0.3) is 5.69 Å². The summed E-state index contributed by atoms with van der Waals surface area (Å²) in [5.41, 5.74) is 1.99. The molecule has 3 rings (SSSR count). The first kappa shape index (κ1) is 15.2. The van der Waals surface area contributed by atoms with E-state index in [0.29, 0.717) is 5.69 Å². The van der Waals surface area contributed by atoms with E-state index >= 15 is 0 Å². The molecule has 6 nitrogen and oxygen atoms in total. The van der Waals surface area contributed by atoms with Gasteiger partial charge in [-0.05, 0) is 44.5 Å². The summed E-state index contributed by atoms with van der Waals surface area (Å²) in [5.74, 6) is -0.160. The molecule has 22 heavy (non-hydrogen) atoms. The number of nitrogens with zero attached hydrogens (tertiary/aromatic N) is 3. The second-order valence-electron chi connectivity index (χ2n) is 5.43. The average Bonchev–Trinajstić information content (AvgIpc) is 2.90. The van der Waals surface area contributed by atoms with E-state index < -0.39 is 0 Å². The van der Waals surface area contributed by atoms with Gasteiger partial charge in [0.15, 0.2) is 5.69 Å². The molecular formula is C15H18BrN5O. The molecule has 2 aromatic rings. The molecule has 0 aliphatic carbocycles. The van der Waals surface area contributed by atoms with Crippen LogP contribution in [0.15, 0.2) is 28.7 Å². The maximum absolute atomic E-state index is 12.4. The SMILES string of the molecule is Cc1c(C(=O)N[C@H]2CCCNC2)nnn1-c1cccc(Br)c1. The number of benzene rings is 1. The molecule has 1 aromatic heterocycles. The summed E-state index contributed by atoms with van der Waals surface area (Å²) in [6, 6.07) is 7.90. The van der Waals surface area contributed by atoms with Crippen LogP contribution in [0.5, 0.6) is 0 Å². The van der Waals surface area contributed by atoms with E-state index in [0.717, 1.165) is 41.8 Å². The third-order valence-electron chi connectivity index (χ3n) is 3.79. The molecule has 0 bridgehead atoms. The Labute approximate surface area is 137 Å². The van der Waals surface area contributed by atoms with E-state index in [1.54, 1.807) is 4.68 Å². The number of nitrogens with one attached hydrogen (secondary N) is 2. The molecule has 0 saturated carbocycles. The van der Waals surface area contributed by atoms with Gasteiger partial charge in [-0.15, -0.1) is 5.10 Å². The van der Waals surface area contributed by atoms with Crippen molar-refractivity contribution < 1.29 is 4.79 Å². The van der Waals surface area contributed by atoms with Gasteiger partial charge < -0.3 is 10.6 Å². The Balaban J connectivity index is 1.79. The first-order valence-corrected chi connectivity index (χ1v) is 8.14. The van der Waals surface area contributed by atoms with Crippen LogP contribution in [0.4, 0.5) is 0 Å². The number of rotatable bonds is 3. The summed E-state index contributed by atoms with van der Waals surface area (Å²) in [5, 5.41) is 14.5.